The second-order valence-electron chi connectivity index (χ2n) is 3.77. The van der Waals surface area contributed by atoms with Crippen LogP contribution < -0.4 is 5.32 Å². The summed E-state index contributed by atoms with van der Waals surface area (Å²) in [6.45, 7) is 2.09. The molecule has 2 aromatic rings. The predicted octanol–water partition coefficient (Wildman–Crippen LogP) is 2.48. The van der Waals surface area contributed by atoms with E-state index in [2.05, 4.69) is 22.2 Å². The van der Waals surface area contributed by atoms with Crippen molar-refractivity contribution in [1.29, 1.82) is 0 Å². The Morgan fingerprint density at radius 1 is 1.28 bits per heavy atom. The lowest BCUT2D eigenvalue weighted by Gasteiger charge is -2.06. The van der Waals surface area contributed by atoms with Crippen LogP contribution in [0.3, 0.4) is 0 Å². The number of aromatic nitrogens is 2. The van der Waals surface area contributed by atoms with Gasteiger partial charge in [-0.25, -0.2) is 9.78 Å². The highest BCUT2D eigenvalue weighted by Gasteiger charge is 2.06. The summed E-state index contributed by atoms with van der Waals surface area (Å²) < 4.78 is 0. The Morgan fingerprint density at radius 2 is 2.00 bits per heavy atom. The maximum Gasteiger partial charge on any atom is 0.356 e. The van der Waals surface area contributed by atoms with E-state index in [4.69, 9.17) is 5.11 Å². The number of carboxylic acid groups (broad SMARTS) is 1. The van der Waals surface area contributed by atoms with Gasteiger partial charge < -0.3 is 10.4 Å². The van der Waals surface area contributed by atoms with Crippen LogP contribution in [0, 0.1) is 0 Å². The highest BCUT2D eigenvalue weighted by Crippen LogP contribution is 2.15. The first kappa shape index (κ1) is 12.0. The summed E-state index contributed by atoms with van der Waals surface area (Å²) >= 11 is 0. The van der Waals surface area contributed by atoms with E-state index in [1.54, 1.807) is 0 Å². The van der Waals surface area contributed by atoms with Gasteiger partial charge in [0.1, 0.15) is 5.82 Å². The Morgan fingerprint density at radius 3 is 2.61 bits per heavy atom. The Bertz CT molecular complexity index is 552. The molecule has 18 heavy (non-hydrogen) atoms. The minimum Gasteiger partial charge on any atom is -0.476 e. The van der Waals surface area contributed by atoms with Crippen molar-refractivity contribution in [2.45, 2.75) is 13.3 Å². The molecule has 0 amide bonds. The summed E-state index contributed by atoms with van der Waals surface area (Å²) in [6.07, 6.45) is 3.68. The number of hydrogen-bond donors (Lipinski definition) is 2. The molecule has 0 saturated carbocycles. The Hall–Kier alpha value is -2.43. The predicted molar refractivity (Wildman–Crippen MR) is 68.1 cm³/mol. The summed E-state index contributed by atoms with van der Waals surface area (Å²) in [4.78, 5) is 18.5. The first-order valence-electron chi connectivity index (χ1n) is 5.60. The number of nitrogens with one attached hydrogen (secondary N) is 1. The minimum absolute atomic E-state index is 0.0785. The summed E-state index contributed by atoms with van der Waals surface area (Å²) in [5.41, 5.74) is 2.01. The van der Waals surface area contributed by atoms with E-state index in [-0.39, 0.29) is 5.69 Å². The lowest BCUT2D eigenvalue weighted by atomic mass is 10.1. The van der Waals surface area contributed by atoms with Gasteiger partial charge in [0, 0.05) is 5.69 Å². The fourth-order valence-corrected chi connectivity index (χ4v) is 1.50. The minimum atomic E-state index is -1.09. The first-order valence-corrected chi connectivity index (χ1v) is 5.60. The lowest BCUT2D eigenvalue weighted by molar-refractivity contribution is 0.0690. The third-order valence-electron chi connectivity index (χ3n) is 2.49. The monoisotopic (exact) mass is 243 g/mol. The number of nitrogens with zero attached hydrogens (tertiary/aromatic N) is 2. The van der Waals surface area contributed by atoms with E-state index in [1.807, 2.05) is 24.3 Å². The first-order chi connectivity index (χ1) is 8.69. The highest BCUT2D eigenvalue weighted by molar-refractivity contribution is 5.85. The molecule has 0 aliphatic heterocycles. The lowest BCUT2D eigenvalue weighted by Crippen LogP contribution is -2.03. The van der Waals surface area contributed by atoms with Crippen LogP contribution in [0.2, 0.25) is 0 Å². The third kappa shape index (κ3) is 2.82. The van der Waals surface area contributed by atoms with E-state index in [0.29, 0.717) is 5.82 Å². The van der Waals surface area contributed by atoms with Crippen LogP contribution in [0.15, 0.2) is 36.7 Å². The molecule has 1 aromatic carbocycles. The molecule has 1 aromatic heterocycles. The second kappa shape index (κ2) is 5.27. The number of rotatable bonds is 4. The van der Waals surface area contributed by atoms with Crippen molar-refractivity contribution in [1.82, 2.24) is 9.97 Å². The van der Waals surface area contributed by atoms with Gasteiger partial charge in [0.05, 0.1) is 12.4 Å². The molecule has 1 heterocycles. The third-order valence-corrected chi connectivity index (χ3v) is 2.49. The van der Waals surface area contributed by atoms with Crippen molar-refractivity contribution in [3.63, 3.8) is 0 Å². The highest BCUT2D eigenvalue weighted by atomic mass is 16.4. The zero-order chi connectivity index (χ0) is 13.0. The second-order valence-corrected chi connectivity index (χ2v) is 3.77. The molecule has 0 spiro atoms. The van der Waals surface area contributed by atoms with Gasteiger partial charge in [-0.3, -0.25) is 4.98 Å². The molecule has 0 aliphatic rings. The zero-order valence-corrected chi connectivity index (χ0v) is 9.92. The molecule has 2 N–H and O–H groups in total. The van der Waals surface area contributed by atoms with Gasteiger partial charge in [-0.05, 0) is 24.1 Å². The van der Waals surface area contributed by atoms with Crippen LogP contribution in [-0.4, -0.2) is 21.0 Å². The van der Waals surface area contributed by atoms with Gasteiger partial charge in [0.15, 0.2) is 5.69 Å². The number of carbonyl (C=O) groups is 1. The number of aryl methyl sites for hydroxylation is 1. The average molecular weight is 243 g/mol. The van der Waals surface area contributed by atoms with E-state index in [1.165, 1.54) is 18.0 Å². The number of hydrogen-bond acceptors (Lipinski definition) is 4. The van der Waals surface area contributed by atoms with Crippen LogP contribution in [-0.2, 0) is 6.42 Å². The largest absolute Gasteiger partial charge is 0.476 e. The summed E-state index contributed by atoms with van der Waals surface area (Å²) in [7, 11) is 0. The molecule has 0 fully saturated rings. The molecule has 0 saturated heterocycles. The molecular formula is C13H13N3O2. The molecule has 92 valence electrons. The van der Waals surface area contributed by atoms with Crippen molar-refractivity contribution in [2.75, 3.05) is 5.32 Å². The topological polar surface area (TPSA) is 75.1 Å². The van der Waals surface area contributed by atoms with E-state index in [0.717, 1.165) is 12.1 Å². The van der Waals surface area contributed by atoms with Crippen LogP contribution in [0.4, 0.5) is 11.5 Å². The van der Waals surface area contributed by atoms with Crippen molar-refractivity contribution >= 4 is 17.5 Å². The van der Waals surface area contributed by atoms with E-state index < -0.39 is 5.97 Å². The standard InChI is InChI=1S/C13H13N3O2/c1-2-9-3-5-10(6-4-9)15-12-8-14-7-11(16-12)13(17)18/h3-8H,2H2,1H3,(H,15,16)(H,17,18). The van der Waals surface area contributed by atoms with Crippen molar-refractivity contribution in [3.05, 3.63) is 47.9 Å². The summed E-state index contributed by atoms with van der Waals surface area (Å²) in [5.74, 6) is -0.674. The van der Waals surface area contributed by atoms with E-state index in [9.17, 15) is 4.79 Å². The molecule has 0 bridgehead atoms. The molecule has 0 radical (unpaired) electrons. The van der Waals surface area contributed by atoms with Crippen LogP contribution in [0.25, 0.3) is 0 Å². The molecule has 0 aliphatic carbocycles. The quantitative estimate of drug-likeness (QED) is 0.862. The van der Waals surface area contributed by atoms with Gasteiger partial charge in [-0.1, -0.05) is 19.1 Å². The fourth-order valence-electron chi connectivity index (χ4n) is 1.50. The maximum absolute atomic E-state index is 10.8. The average Bonchev–Trinajstić information content (AvgIpc) is 2.40. The number of carboxylic acids is 1. The summed E-state index contributed by atoms with van der Waals surface area (Å²) in [5, 5.41) is 11.8. The number of aromatic carboxylic acids is 1. The van der Waals surface area contributed by atoms with Gasteiger partial charge in [-0.2, -0.15) is 0 Å². The Labute approximate surface area is 105 Å². The SMILES string of the molecule is CCc1ccc(Nc2cncc(C(=O)O)n2)cc1. The van der Waals surface area contributed by atoms with Crippen molar-refractivity contribution < 1.29 is 9.90 Å². The Kier molecular flexibility index (Phi) is 3.52. The van der Waals surface area contributed by atoms with E-state index >= 15 is 0 Å². The summed E-state index contributed by atoms with van der Waals surface area (Å²) in [6, 6.07) is 7.87. The van der Waals surface area contributed by atoms with Crippen molar-refractivity contribution in [3.8, 4) is 0 Å². The van der Waals surface area contributed by atoms with Gasteiger partial charge in [0.2, 0.25) is 0 Å². The smallest absolute Gasteiger partial charge is 0.356 e. The molecule has 5 nitrogen and oxygen atoms in total. The Balaban J connectivity index is 2.17. The van der Waals surface area contributed by atoms with Gasteiger partial charge >= 0.3 is 5.97 Å². The fraction of sp³-hybridized carbons (Fsp3) is 0.154. The van der Waals surface area contributed by atoms with Gasteiger partial charge in [-0.15, -0.1) is 0 Å². The zero-order valence-electron chi connectivity index (χ0n) is 9.92. The normalized spacial score (nSPS) is 10.1. The maximum atomic E-state index is 10.8. The molecule has 2 rings (SSSR count). The van der Waals surface area contributed by atoms with Crippen LogP contribution >= 0.6 is 0 Å². The molecule has 0 unspecified atom stereocenters. The van der Waals surface area contributed by atoms with Crippen molar-refractivity contribution in [2.24, 2.45) is 0 Å². The van der Waals surface area contributed by atoms with Crippen LogP contribution in [0.5, 0.6) is 0 Å². The number of benzene rings is 1. The molecule has 5 heteroatoms. The molecule has 0 atom stereocenters. The van der Waals surface area contributed by atoms with Crippen LogP contribution in [0.1, 0.15) is 23.0 Å². The van der Waals surface area contributed by atoms with Gasteiger partial charge in [0.25, 0.3) is 0 Å². The molecular weight excluding hydrogens is 230 g/mol. The number of anilines is 2.